The van der Waals surface area contributed by atoms with Crippen LogP contribution in [0.1, 0.15) is 20.9 Å². The number of amides is 1. The standard InChI is InChI=1S/C25H24FN3O5S/c1-15-21-12-22(35-25(21)29(27-15)18-7-5-17(26)6-8-18)24(31)28(14-23(30)34-4)13-16-9-19(32-2)11-20(10-16)33-3/h5-12H,13-14H2,1-4H3. The second-order valence-corrected chi connectivity index (χ2v) is 8.79. The van der Waals surface area contributed by atoms with Gasteiger partial charge < -0.3 is 19.1 Å². The van der Waals surface area contributed by atoms with Gasteiger partial charge in [0.2, 0.25) is 0 Å². The number of aromatic nitrogens is 2. The predicted molar refractivity (Wildman–Crippen MR) is 130 cm³/mol. The van der Waals surface area contributed by atoms with Gasteiger partial charge in [0.25, 0.3) is 5.91 Å². The maximum atomic E-state index is 13.6. The molecule has 0 bridgehead atoms. The quantitative estimate of drug-likeness (QED) is 0.336. The summed E-state index contributed by atoms with van der Waals surface area (Å²) in [6.45, 7) is 1.75. The highest BCUT2D eigenvalue weighted by molar-refractivity contribution is 7.20. The van der Waals surface area contributed by atoms with E-state index in [1.807, 2.05) is 6.92 Å². The van der Waals surface area contributed by atoms with Crippen molar-refractivity contribution in [2.75, 3.05) is 27.9 Å². The summed E-state index contributed by atoms with van der Waals surface area (Å²) in [5.41, 5.74) is 2.14. The van der Waals surface area contributed by atoms with Gasteiger partial charge in [-0.05, 0) is 55.0 Å². The van der Waals surface area contributed by atoms with Crippen molar-refractivity contribution in [2.24, 2.45) is 0 Å². The highest BCUT2D eigenvalue weighted by Gasteiger charge is 2.24. The zero-order valence-corrected chi connectivity index (χ0v) is 20.5. The second-order valence-electron chi connectivity index (χ2n) is 7.76. The van der Waals surface area contributed by atoms with Crippen LogP contribution in [-0.4, -0.2) is 54.4 Å². The molecule has 2 heterocycles. The molecular formula is C25H24FN3O5S. The number of thiophene rings is 1. The molecule has 182 valence electrons. The first-order valence-corrected chi connectivity index (χ1v) is 11.5. The van der Waals surface area contributed by atoms with E-state index in [4.69, 9.17) is 14.2 Å². The molecule has 0 saturated heterocycles. The third-order valence-electron chi connectivity index (χ3n) is 5.45. The molecule has 0 spiro atoms. The van der Waals surface area contributed by atoms with Gasteiger partial charge in [-0.2, -0.15) is 5.10 Å². The Balaban J connectivity index is 1.70. The van der Waals surface area contributed by atoms with Crippen LogP contribution < -0.4 is 9.47 Å². The Bertz CT molecular complexity index is 1360. The lowest BCUT2D eigenvalue weighted by Crippen LogP contribution is -2.35. The van der Waals surface area contributed by atoms with Gasteiger partial charge in [-0.1, -0.05) is 0 Å². The van der Waals surface area contributed by atoms with Gasteiger partial charge >= 0.3 is 5.97 Å². The van der Waals surface area contributed by atoms with Crippen LogP contribution in [0, 0.1) is 12.7 Å². The van der Waals surface area contributed by atoms with Gasteiger partial charge in [0.15, 0.2) is 0 Å². The van der Waals surface area contributed by atoms with Gasteiger partial charge in [0, 0.05) is 18.0 Å². The molecule has 0 aliphatic carbocycles. The van der Waals surface area contributed by atoms with Gasteiger partial charge in [-0.15, -0.1) is 11.3 Å². The molecule has 1 amide bonds. The largest absolute Gasteiger partial charge is 0.497 e. The molecule has 10 heteroatoms. The summed E-state index contributed by atoms with van der Waals surface area (Å²) in [5, 5.41) is 5.35. The number of carbonyl (C=O) groups excluding carboxylic acids is 2. The lowest BCUT2D eigenvalue weighted by atomic mass is 10.1. The molecule has 2 aromatic heterocycles. The molecule has 0 saturated carbocycles. The van der Waals surface area contributed by atoms with Crippen LogP contribution in [0.15, 0.2) is 48.5 Å². The lowest BCUT2D eigenvalue weighted by molar-refractivity contribution is -0.141. The normalized spacial score (nSPS) is 10.9. The molecule has 0 aliphatic heterocycles. The number of methoxy groups -OCH3 is 3. The smallest absolute Gasteiger partial charge is 0.325 e. The third-order valence-corrected chi connectivity index (χ3v) is 6.54. The van der Waals surface area contributed by atoms with Crippen molar-refractivity contribution in [3.63, 3.8) is 0 Å². The minimum atomic E-state index is -0.539. The van der Waals surface area contributed by atoms with Crippen molar-refractivity contribution >= 4 is 33.4 Å². The number of fused-ring (bicyclic) bond motifs is 1. The lowest BCUT2D eigenvalue weighted by Gasteiger charge is -2.21. The van der Waals surface area contributed by atoms with Crippen molar-refractivity contribution in [1.82, 2.24) is 14.7 Å². The zero-order valence-electron chi connectivity index (χ0n) is 19.7. The zero-order chi connectivity index (χ0) is 25.1. The number of ether oxygens (including phenoxy) is 3. The van der Waals surface area contributed by atoms with Gasteiger partial charge in [0.05, 0.1) is 37.6 Å². The van der Waals surface area contributed by atoms with Crippen LogP contribution in [0.3, 0.4) is 0 Å². The summed E-state index contributed by atoms with van der Waals surface area (Å²) < 4.78 is 30.6. The van der Waals surface area contributed by atoms with Crippen molar-refractivity contribution in [1.29, 1.82) is 0 Å². The highest BCUT2D eigenvalue weighted by Crippen LogP contribution is 2.32. The summed E-state index contributed by atoms with van der Waals surface area (Å²) in [4.78, 5) is 28.3. The molecule has 0 atom stereocenters. The Morgan fingerprint density at radius 3 is 2.29 bits per heavy atom. The van der Waals surface area contributed by atoms with Crippen LogP contribution in [-0.2, 0) is 16.1 Å². The number of rotatable bonds is 8. The van der Waals surface area contributed by atoms with E-state index in [1.165, 1.54) is 35.5 Å². The number of carbonyl (C=O) groups is 2. The van der Waals surface area contributed by atoms with Crippen LogP contribution in [0.5, 0.6) is 11.5 Å². The monoisotopic (exact) mass is 497 g/mol. The fraction of sp³-hybridized carbons (Fsp3) is 0.240. The molecule has 8 nitrogen and oxygen atoms in total. The van der Waals surface area contributed by atoms with Crippen molar-refractivity contribution in [3.8, 4) is 17.2 Å². The number of aryl methyl sites for hydroxylation is 1. The van der Waals surface area contributed by atoms with Gasteiger partial charge in [-0.25, -0.2) is 9.07 Å². The fourth-order valence-electron chi connectivity index (χ4n) is 3.66. The first-order chi connectivity index (χ1) is 16.8. The SMILES string of the molecule is COC(=O)CN(Cc1cc(OC)cc(OC)c1)C(=O)c1cc2c(C)nn(-c3ccc(F)cc3)c2s1. The Morgan fingerprint density at radius 1 is 1.03 bits per heavy atom. The first kappa shape index (κ1) is 24.2. The van der Waals surface area contributed by atoms with Crippen molar-refractivity contribution in [3.05, 3.63) is 70.5 Å². The third kappa shape index (κ3) is 5.12. The van der Waals surface area contributed by atoms with Crippen LogP contribution in [0.4, 0.5) is 4.39 Å². The molecular weight excluding hydrogens is 473 g/mol. The summed E-state index contributed by atoms with van der Waals surface area (Å²) in [6.07, 6.45) is 0. The van der Waals surface area contributed by atoms with E-state index in [0.717, 1.165) is 21.5 Å². The minimum Gasteiger partial charge on any atom is -0.497 e. The number of hydrogen-bond acceptors (Lipinski definition) is 7. The molecule has 0 unspecified atom stereocenters. The van der Waals surface area contributed by atoms with Crippen LogP contribution in [0.2, 0.25) is 0 Å². The Morgan fingerprint density at radius 2 is 1.69 bits per heavy atom. The average molecular weight is 498 g/mol. The maximum absolute atomic E-state index is 13.6. The summed E-state index contributed by atoms with van der Waals surface area (Å²) >= 11 is 1.25. The number of benzene rings is 2. The first-order valence-electron chi connectivity index (χ1n) is 10.7. The average Bonchev–Trinajstić information content (AvgIpc) is 3.43. The minimum absolute atomic E-state index is 0.138. The van der Waals surface area contributed by atoms with Gasteiger partial charge in [-0.3, -0.25) is 9.59 Å². The maximum Gasteiger partial charge on any atom is 0.325 e. The molecule has 4 aromatic rings. The Kier molecular flexibility index (Phi) is 7.02. The molecule has 0 radical (unpaired) electrons. The predicted octanol–water partition coefficient (Wildman–Crippen LogP) is 4.37. The number of nitrogens with zero attached hydrogens (tertiary/aromatic N) is 3. The number of esters is 1. The van der Waals surface area contributed by atoms with Crippen LogP contribution in [0.25, 0.3) is 15.9 Å². The van der Waals surface area contributed by atoms with E-state index < -0.39 is 5.97 Å². The van der Waals surface area contributed by atoms with Crippen molar-refractivity contribution in [2.45, 2.75) is 13.5 Å². The number of hydrogen-bond donors (Lipinski definition) is 0. The Labute approximate surface area is 205 Å². The van der Waals surface area contributed by atoms with E-state index in [1.54, 1.807) is 55.3 Å². The van der Waals surface area contributed by atoms with E-state index in [-0.39, 0.29) is 24.8 Å². The van der Waals surface area contributed by atoms with Crippen molar-refractivity contribution < 1.29 is 28.2 Å². The summed E-state index contributed by atoms with van der Waals surface area (Å²) in [7, 11) is 4.36. The number of halogens is 1. The molecule has 0 N–H and O–H groups in total. The fourth-order valence-corrected chi connectivity index (χ4v) is 4.81. The molecule has 2 aromatic carbocycles. The Hall–Kier alpha value is -3.92. The van der Waals surface area contributed by atoms with Crippen LogP contribution >= 0.6 is 11.3 Å². The van der Waals surface area contributed by atoms with E-state index in [9.17, 15) is 14.0 Å². The summed E-state index contributed by atoms with van der Waals surface area (Å²) in [6, 6.07) is 13.0. The molecule has 0 fully saturated rings. The van der Waals surface area contributed by atoms with E-state index in [2.05, 4.69) is 5.10 Å². The van der Waals surface area contributed by atoms with E-state index in [0.29, 0.717) is 22.1 Å². The molecule has 35 heavy (non-hydrogen) atoms. The molecule has 0 aliphatic rings. The van der Waals surface area contributed by atoms with E-state index >= 15 is 0 Å². The topological polar surface area (TPSA) is 82.9 Å². The summed E-state index contributed by atoms with van der Waals surface area (Å²) in [5.74, 6) is -0.0710. The molecule has 4 rings (SSSR count). The second kappa shape index (κ2) is 10.1. The van der Waals surface area contributed by atoms with Gasteiger partial charge in [0.1, 0.15) is 28.7 Å². The highest BCUT2D eigenvalue weighted by atomic mass is 32.1.